The average Bonchev–Trinajstić information content (AvgIpc) is 3.71. The zero-order valence-corrected chi connectivity index (χ0v) is 24.4. The molecule has 1 aliphatic heterocycles. The Morgan fingerprint density at radius 1 is 0.659 bits per heavy atom. The van der Waals surface area contributed by atoms with Crippen LogP contribution in [0.25, 0.3) is 53.5 Å². The highest BCUT2D eigenvalue weighted by molar-refractivity contribution is 7.22. The van der Waals surface area contributed by atoms with E-state index < -0.39 is 0 Å². The molecule has 1 aliphatic rings. The molecule has 0 bridgehead atoms. The molecule has 0 radical (unpaired) electrons. The van der Waals surface area contributed by atoms with Crippen molar-refractivity contribution in [3.05, 3.63) is 150 Å². The first kappa shape index (κ1) is 25.2. The third-order valence-electron chi connectivity index (χ3n) is 8.39. The van der Waals surface area contributed by atoms with Gasteiger partial charge in [0.1, 0.15) is 34.3 Å². The van der Waals surface area contributed by atoms with Crippen molar-refractivity contribution in [2.24, 2.45) is 4.99 Å². The number of thiazole rings is 1. The van der Waals surface area contributed by atoms with Gasteiger partial charge in [0, 0.05) is 21.7 Å². The van der Waals surface area contributed by atoms with Crippen LogP contribution in [0.2, 0.25) is 0 Å². The summed E-state index contributed by atoms with van der Waals surface area (Å²) < 4.78 is 7.52. The maximum atomic E-state index is 6.35. The lowest BCUT2D eigenvalue weighted by molar-refractivity contribution is 0.409. The molecule has 0 saturated heterocycles. The highest BCUT2D eigenvalue weighted by Crippen LogP contribution is 2.41. The molecule has 3 heterocycles. The van der Waals surface area contributed by atoms with Crippen molar-refractivity contribution in [1.82, 2.24) is 15.6 Å². The normalized spacial score (nSPS) is 16.9. The van der Waals surface area contributed by atoms with E-state index in [0.29, 0.717) is 0 Å². The van der Waals surface area contributed by atoms with Crippen LogP contribution in [0.15, 0.2) is 143 Å². The van der Waals surface area contributed by atoms with Crippen LogP contribution < -0.4 is 10.6 Å². The largest absolute Gasteiger partial charge is 0.455 e. The van der Waals surface area contributed by atoms with E-state index in [0.717, 1.165) is 60.6 Å². The summed E-state index contributed by atoms with van der Waals surface area (Å²) in [6.45, 7) is 0. The van der Waals surface area contributed by atoms with Gasteiger partial charge in [0.05, 0.1) is 15.8 Å². The predicted molar refractivity (Wildman–Crippen MR) is 181 cm³/mol. The number of amidine groups is 1. The van der Waals surface area contributed by atoms with Crippen LogP contribution >= 0.6 is 11.3 Å². The molecule has 9 rings (SSSR count). The quantitative estimate of drug-likeness (QED) is 0.216. The first-order chi connectivity index (χ1) is 21.8. The van der Waals surface area contributed by atoms with Gasteiger partial charge in [-0.25, -0.2) is 9.98 Å². The van der Waals surface area contributed by atoms with Crippen molar-refractivity contribution in [1.29, 1.82) is 0 Å². The van der Waals surface area contributed by atoms with Crippen molar-refractivity contribution < 1.29 is 4.42 Å². The standard InChI is InChI=1S/C38H26N4OS/c1-3-10-24(11-4-1)35-40-36(25-12-5-2-6-13-25)42-37(41-35)26-19-18-23-20-21-31-34(30(23)22-26)44-38(39-31)29-16-9-15-28-27-14-7-8-17-32(27)43-33(28)29/h1-22,35,37,41H,(H,40,42). The van der Waals surface area contributed by atoms with Gasteiger partial charge in [-0.1, -0.05) is 109 Å². The molecule has 0 spiro atoms. The summed E-state index contributed by atoms with van der Waals surface area (Å²) in [6, 6.07) is 46.3. The van der Waals surface area contributed by atoms with Gasteiger partial charge in [-0.2, -0.15) is 0 Å². The van der Waals surface area contributed by atoms with Gasteiger partial charge in [-0.05, 0) is 40.8 Å². The van der Waals surface area contributed by atoms with Crippen molar-refractivity contribution in [3.63, 3.8) is 0 Å². The SMILES string of the molecule is c1ccc(C2=NC(c3ccccc3)NC(c3ccc4ccc5nc(-c6cccc7c6oc6ccccc67)sc5c4c3)N2)cc1. The van der Waals surface area contributed by atoms with E-state index in [9.17, 15) is 0 Å². The van der Waals surface area contributed by atoms with Crippen molar-refractivity contribution in [2.45, 2.75) is 12.3 Å². The van der Waals surface area contributed by atoms with E-state index >= 15 is 0 Å². The summed E-state index contributed by atoms with van der Waals surface area (Å²) in [4.78, 5) is 10.2. The summed E-state index contributed by atoms with van der Waals surface area (Å²) in [5.41, 5.74) is 7.12. The van der Waals surface area contributed by atoms with E-state index in [4.69, 9.17) is 14.4 Å². The Kier molecular flexibility index (Phi) is 5.82. The number of aliphatic imine (C=N–C) groups is 1. The first-order valence-electron chi connectivity index (χ1n) is 14.7. The topological polar surface area (TPSA) is 62.5 Å². The Morgan fingerprint density at radius 3 is 2.32 bits per heavy atom. The molecule has 8 aromatic rings. The minimum absolute atomic E-state index is 0.135. The number of fused-ring (bicyclic) bond motifs is 6. The fourth-order valence-corrected chi connectivity index (χ4v) is 7.33. The molecule has 2 unspecified atom stereocenters. The zero-order valence-electron chi connectivity index (χ0n) is 23.6. The predicted octanol–water partition coefficient (Wildman–Crippen LogP) is 9.35. The van der Waals surface area contributed by atoms with Crippen LogP contribution in [0.3, 0.4) is 0 Å². The molecule has 0 fully saturated rings. The monoisotopic (exact) mass is 586 g/mol. The van der Waals surface area contributed by atoms with Gasteiger partial charge in [0.15, 0.2) is 0 Å². The van der Waals surface area contributed by atoms with Gasteiger partial charge >= 0.3 is 0 Å². The van der Waals surface area contributed by atoms with Crippen LogP contribution in [0.5, 0.6) is 0 Å². The summed E-state index contributed by atoms with van der Waals surface area (Å²) >= 11 is 1.72. The number of furan rings is 1. The van der Waals surface area contributed by atoms with Crippen LogP contribution in [-0.4, -0.2) is 10.8 Å². The second-order valence-corrected chi connectivity index (χ2v) is 12.1. The Hall–Kier alpha value is -5.30. The number of nitrogens with zero attached hydrogens (tertiary/aromatic N) is 2. The Bertz CT molecular complexity index is 2360. The number of rotatable bonds is 4. The fraction of sp³-hybridized carbons (Fsp3) is 0.0526. The van der Waals surface area contributed by atoms with Crippen LogP contribution in [0.4, 0.5) is 0 Å². The second kappa shape index (κ2) is 10.2. The van der Waals surface area contributed by atoms with E-state index in [1.807, 2.05) is 36.4 Å². The summed E-state index contributed by atoms with van der Waals surface area (Å²) in [5.74, 6) is 0.875. The second-order valence-electron chi connectivity index (χ2n) is 11.1. The molecular formula is C38H26N4OS. The molecule has 210 valence electrons. The third-order valence-corrected chi connectivity index (χ3v) is 9.53. The Morgan fingerprint density at radius 2 is 1.43 bits per heavy atom. The molecule has 2 atom stereocenters. The maximum Gasteiger partial charge on any atom is 0.145 e. The van der Waals surface area contributed by atoms with Gasteiger partial charge in [0.2, 0.25) is 0 Å². The number of aromatic nitrogens is 1. The van der Waals surface area contributed by atoms with Crippen LogP contribution in [0.1, 0.15) is 29.0 Å². The van der Waals surface area contributed by atoms with E-state index in [1.54, 1.807) is 11.3 Å². The molecule has 0 saturated carbocycles. The molecule has 0 aliphatic carbocycles. The number of nitrogens with one attached hydrogen (secondary N) is 2. The maximum absolute atomic E-state index is 6.35. The molecule has 6 aromatic carbocycles. The van der Waals surface area contributed by atoms with Gasteiger partial charge in [-0.15, -0.1) is 11.3 Å². The average molecular weight is 587 g/mol. The molecule has 6 heteroatoms. The molecule has 0 amide bonds. The number of benzene rings is 6. The third kappa shape index (κ3) is 4.19. The number of para-hydroxylation sites is 2. The minimum Gasteiger partial charge on any atom is -0.455 e. The molecule has 44 heavy (non-hydrogen) atoms. The van der Waals surface area contributed by atoms with Gasteiger partial charge in [0.25, 0.3) is 0 Å². The van der Waals surface area contributed by atoms with Crippen LogP contribution in [-0.2, 0) is 0 Å². The Labute approximate surface area is 257 Å². The molecule has 2 aromatic heterocycles. The lowest BCUT2D eigenvalue weighted by atomic mass is 10.0. The zero-order chi connectivity index (χ0) is 29.0. The van der Waals surface area contributed by atoms with Crippen molar-refractivity contribution in [3.8, 4) is 10.6 Å². The molecule has 2 N–H and O–H groups in total. The smallest absolute Gasteiger partial charge is 0.145 e. The number of hydrogen-bond acceptors (Lipinski definition) is 6. The van der Waals surface area contributed by atoms with Crippen molar-refractivity contribution in [2.75, 3.05) is 0 Å². The van der Waals surface area contributed by atoms with Crippen molar-refractivity contribution >= 4 is 60.1 Å². The lowest BCUT2D eigenvalue weighted by Crippen LogP contribution is -2.44. The highest BCUT2D eigenvalue weighted by atomic mass is 32.1. The summed E-state index contributed by atoms with van der Waals surface area (Å²) in [7, 11) is 0. The van der Waals surface area contributed by atoms with E-state index in [2.05, 4.69) is 108 Å². The molecular weight excluding hydrogens is 561 g/mol. The summed E-state index contributed by atoms with van der Waals surface area (Å²) in [6.07, 6.45) is -0.312. The first-order valence-corrected chi connectivity index (χ1v) is 15.5. The lowest BCUT2D eigenvalue weighted by Gasteiger charge is -2.32. The Balaban J connectivity index is 1.15. The highest BCUT2D eigenvalue weighted by Gasteiger charge is 2.26. The fourth-order valence-electron chi connectivity index (χ4n) is 6.21. The molecule has 5 nitrogen and oxygen atoms in total. The number of hydrogen-bond donors (Lipinski definition) is 2. The van der Waals surface area contributed by atoms with Crippen LogP contribution in [0, 0.1) is 0 Å². The minimum atomic E-state index is -0.177. The summed E-state index contributed by atoms with van der Waals surface area (Å²) in [5, 5.41) is 13.0. The van der Waals surface area contributed by atoms with Gasteiger partial charge < -0.3 is 9.73 Å². The van der Waals surface area contributed by atoms with E-state index in [1.165, 1.54) is 15.5 Å². The van der Waals surface area contributed by atoms with Gasteiger partial charge in [-0.3, -0.25) is 5.32 Å². The van der Waals surface area contributed by atoms with E-state index in [-0.39, 0.29) is 12.3 Å².